The largest absolute Gasteiger partial charge is 0.451 e. The van der Waals surface area contributed by atoms with Crippen LogP contribution in [0.2, 0.25) is 6.32 Å². The first-order valence-corrected chi connectivity index (χ1v) is 2.67. The van der Waals surface area contributed by atoms with Crippen LogP contribution in [0.5, 0.6) is 0 Å². The van der Waals surface area contributed by atoms with Gasteiger partial charge in [0.15, 0.2) is 0 Å². The zero-order valence-electron chi connectivity index (χ0n) is 4.91. The Morgan fingerprint density at radius 2 is 2.00 bits per heavy atom. The minimum atomic E-state index is -1.27. The van der Waals surface area contributed by atoms with Crippen molar-refractivity contribution in [2.24, 2.45) is 0 Å². The van der Waals surface area contributed by atoms with Crippen molar-refractivity contribution in [1.29, 1.82) is 0 Å². The predicted molar refractivity (Wildman–Crippen MR) is 31.3 cm³/mol. The number of hydrogen-bond acceptors (Lipinski definition) is 3. The highest BCUT2D eigenvalue weighted by Crippen LogP contribution is 1.96. The van der Waals surface area contributed by atoms with Gasteiger partial charge in [-0.1, -0.05) is 0 Å². The van der Waals surface area contributed by atoms with Gasteiger partial charge in [-0.3, -0.25) is 0 Å². The summed E-state index contributed by atoms with van der Waals surface area (Å²) in [7, 11) is -1.27. The summed E-state index contributed by atoms with van der Waals surface area (Å²) in [6, 6.07) is 0. The number of aliphatic hydroxyl groups excluding tert-OH is 1. The topological polar surface area (TPSA) is 60.7 Å². The molecule has 0 aliphatic rings. The van der Waals surface area contributed by atoms with E-state index in [1.807, 2.05) is 0 Å². The van der Waals surface area contributed by atoms with Crippen LogP contribution in [0.3, 0.4) is 0 Å². The van der Waals surface area contributed by atoms with Crippen LogP contribution in [0.4, 0.5) is 0 Å². The molecule has 0 aromatic rings. The third-order valence-corrected chi connectivity index (χ3v) is 0.843. The monoisotopic (exact) mass is 118 g/mol. The maximum atomic E-state index is 8.58. The van der Waals surface area contributed by atoms with Gasteiger partial charge in [-0.25, -0.2) is 0 Å². The van der Waals surface area contributed by atoms with Crippen molar-refractivity contribution in [3.05, 3.63) is 0 Å². The Morgan fingerprint density at radius 1 is 1.50 bits per heavy atom. The normalized spacial score (nSPS) is 13.5. The third kappa shape index (κ3) is 5.94. The molecule has 0 aromatic heterocycles. The average Bonchev–Trinajstić information content (AvgIpc) is 1.61. The molecule has 0 saturated heterocycles. The van der Waals surface area contributed by atoms with E-state index in [1.165, 1.54) is 0 Å². The van der Waals surface area contributed by atoms with E-state index in [-0.39, 0.29) is 6.32 Å². The van der Waals surface area contributed by atoms with Crippen molar-refractivity contribution in [1.82, 2.24) is 0 Å². The minimum Gasteiger partial charge on any atom is -0.427 e. The Labute approximate surface area is 49.1 Å². The fourth-order valence-electron chi connectivity index (χ4n) is 0.390. The molecule has 0 aliphatic heterocycles. The molecule has 48 valence electrons. The fourth-order valence-corrected chi connectivity index (χ4v) is 0.390. The molecular weight excluding hydrogens is 107 g/mol. The highest BCUT2D eigenvalue weighted by atomic mass is 16.4. The molecule has 3 N–H and O–H groups in total. The Bertz CT molecular complexity index is 47.2. The van der Waals surface area contributed by atoms with Gasteiger partial charge >= 0.3 is 7.12 Å². The third-order valence-electron chi connectivity index (χ3n) is 0.843. The fraction of sp³-hybridized carbons (Fsp3) is 1.00. The van der Waals surface area contributed by atoms with E-state index >= 15 is 0 Å². The van der Waals surface area contributed by atoms with Gasteiger partial charge in [-0.15, -0.1) is 0 Å². The Hall–Kier alpha value is -0.0551. The lowest BCUT2D eigenvalue weighted by atomic mass is 9.83. The molecule has 0 amide bonds. The molecule has 8 heavy (non-hydrogen) atoms. The van der Waals surface area contributed by atoms with Crippen LogP contribution < -0.4 is 0 Å². The first-order chi connectivity index (χ1) is 3.63. The summed E-state index contributed by atoms with van der Waals surface area (Å²) < 4.78 is 0. The summed E-state index contributed by atoms with van der Waals surface area (Å²) in [6.45, 7) is 1.61. The molecule has 0 saturated carbocycles. The van der Waals surface area contributed by atoms with E-state index in [0.29, 0.717) is 6.42 Å². The summed E-state index contributed by atoms with van der Waals surface area (Å²) in [6.07, 6.45) is 0.256. The number of rotatable bonds is 3. The first kappa shape index (κ1) is 7.94. The minimum absolute atomic E-state index is 0.248. The van der Waals surface area contributed by atoms with E-state index in [1.54, 1.807) is 6.92 Å². The molecular formula is C4H11BO3. The lowest BCUT2D eigenvalue weighted by Crippen LogP contribution is -2.13. The second-order valence-electron chi connectivity index (χ2n) is 1.91. The SMILES string of the molecule is C[C@@H](O)CCB(O)O. The van der Waals surface area contributed by atoms with Crippen LogP contribution in [0.15, 0.2) is 0 Å². The van der Waals surface area contributed by atoms with Crippen LogP contribution in [-0.4, -0.2) is 28.4 Å². The molecule has 0 fully saturated rings. The van der Waals surface area contributed by atoms with Crippen LogP contribution in [0, 0.1) is 0 Å². The summed E-state index contributed by atoms with van der Waals surface area (Å²) in [5.74, 6) is 0. The smallest absolute Gasteiger partial charge is 0.427 e. The van der Waals surface area contributed by atoms with Crippen molar-refractivity contribution in [2.45, 2.75) is 25.8 Å². The quantitative estimate of drug-likeness (QED) is 0.426. The van der Waals surface area contributed by atoms with E-state index in [4.69, 9.17) is 15.2 Å². The van der Waals surface area contributed by atoms with E-state index in [0.717, 1.165) is 0 Å². The maximum Gasteiger partial charge on any atom is 0.451 e. The summed E-state index contributed by atoms with van der Waals surface area (Å²) in [5, 5.41) is 25.1. The van der Waals surface area contributed by atoms with E-state index in [9.17, 15) is 0 Å². The Morgan fingerprint density at radius 3 is 2.12 bits per heavy atom. The lowest BCUT2D eigenvalue weighted by Gasteiger charge is -2.00. The van der Waals surface area contributed by atoms with Crippen LogP contribution in [0.1, 0.15) is 13.3 Å². The predicted octanol–water partition coefficient (Wildman–Crippen LogP) is -0.770. The van der Waals surface area contributed by atoms with Gasteiger partial charge in [0.25, 0.3) is 0 Å². The molecule has 0 bridgehead atoms. The summed E-state index contributed by atoms with van der Waals surface area (Å²) in [4.78, 5) is 0. The zero-order valence-corrected chi connectivity index (χ0v) is 4.91. The van der Waals surface area contributed by atoms with Crippen LogP contribution in [-0.2, 0) is 0 Å². The molecule has 0 unspecified atom stereocenters. The first-order valence-electron chi connectivity index (χ1n) is 2.67. The van der Waals surface area contributed by atoms with Gasteiger partial charge in [0.05, 0.1) is 6.10 Å². The average molecular weight is 118 g/mol. The molecule has 0 heterocycles. The standard InChI is InChI=1S/C4H11BO3/c1-4(6)2-3-5(7)8/h4,6-8H,2-3H2,1H3/t4-/m1/s1. The van der Waals surface area contributed by atoms with Crippen molar-refractivity contribution in [2.75, 3.05) is 0 Å². The van der Waals surface area contributed by atoms with E-state index < -0.39 is 13.2 Å². The second-order valence-corrected chi connectivity index (χ2v) is 1.91. The van der Waals surface area contributed by atoms with Crippen molar-refractivity contribution >= 4 is 7.12 Å². The van der Waals surface area contributed by atoms with Gasteiger partial charge in [0.2, 0.25) is 0 Å². The van der Waals surface area contributed by atoms with Crippen molar-refractivity contribution in [3.63, 3.8) is 0 Å². The number of hydrogen-bond donors (Lipinski definition) is 3. The molecule has 4 heteroatoms. The van der Waals surface area contributed by atoms with E-state index in [2.05, 4.69) is 0 Å². The van der Waals surface area contributed by atoms with Gasteiger partial charge in [-0.2, -0.15) is 0 Å². The molecule has 1 atom stereocenters. The number of aliphatic hydroxyl groups is 1. The molecule has 0 aromatic carbocycles. The van der Waals surface area contributed by atoms with Crippen LogP contribution in [0.25, 0.3) is 0 Å². The zero-order chi connectivity index (χ0) is 6.57. The van der Waals surface area contributed by atoms with Gasteiger partial charge in [0, 0.05) is 0 Å². The highest BCUT2D eigenvalue weighted by molar-refractivity contribution is 6.40. The lowest BCUT2D eigenvalue weighted by molar-refractivity contribution is 0.187. The summed E-state index contributed by atoms with van der Waals surface area (Å²) >= 11 is 0. The van der Waals surface area contributed by atoms with Crippen LogP contribution >= 0.6 is 0 Å². The van der Waals surface area contributed by atoms with Gasteiger partial charge in [0.1, 0.15) is 0 Å². The summed E-state index contributed by atoms with van der Waals surface area (Å²) in [5.41, 5.74) is 0. The second kappa shape index (κ2) is 3.89. The highest BCUT2D eigenvalue weighted by Gasteiger charge is 2.06. The Balaban J connectivity index is 2.93. The van der Waals surface area contributed by atoms with Crippen molar-refractivity contribution < 1.29 is 15.2 Å². The van der Waals surface area contributed by atoms with Gasteiger partial charge < -0.3 is 15.2 Å². The Kier molecular flexibility index (Phi) is 3.86. The maximum absolute atomic E-state index is 8.58. The van der Waals surface area contributed by atoms with Crippen molar-refractivity contribution in [3.8, 4) is 0 Å². The molecule has 0 rings (SSSR count). The molecule has 3 nitrogen and oxygen atoms in total. The van der Waals surface area contributed by atoms with Gasteiger partial charge in [-0.05, 0) is 19.7 Å². The molecule has 0 spiro atoms. The molecule has 0 radical (unpaired) electrons. The molecule has 0 aliphatic carbocycles.